The van der Waals surface area contributed by atoms with Crippen LogP contribution in [-0.4, -0.2) is 28.9 Å². The number of ether oxygens (including phenoxy) is 1. The summed E-state index contributed by atoms with van der Waals surface area (Å²) < 4.78 is 5.65. The fraction of sp³-hybridized carbons (Fsp3) is 0.429. The number of hydrogen-bond acceptors (Lipinski definition) is 5. The molecule has 0 spiro atoms. The highest BCUT2D eigenvalue weighted by Crippen LogP contribution is 2.49. The quantitative estimate of drug-likeness (QED) is 0.464. The second-order valence-electron chi connectivity index (χ2n) is 5.63. The van der Waals surface area contributed by atoms with E-state index in [-0.39, 0.29) is 35.4 Å². The SMILES string of the molecule is O=C1C2C3CCC(O3)C2C(=O)N1c1cccc([N+](=O)[O-])c1. The van der Waals surface area contributed by atoms with E-state index in [2.05, 4.69) is 0 Å². The van der Waals surface area contributed by atoms with Gasteiger partial charge in [-0.1, -0.05) is 6.07 Å². The Hall–Kier alpha value is -2.28. The minimum Gasteiger partial charge on any atom is -0.373 e. The highest BCUT2D eigenvalue weighted by atomic mass is 16.6. The molecule has 3 heterocycles. The van der Waals surface area contributed by atoms with Crippen molar-refractivity contribution in [1.29, 1.82) is 0 Å². The summed E-state index contributed by atoms with van der Waals surface area (Å²) in [5, 5.41) is 10.8. The lowest BCUT2D eigenvalue weighted by Crippen LogP contribution is -2.34. The molecule has 4 unspecified atom stereocenters. The number of fused-ring (bicyclic) bond motifs is 5. The molecule has 108 valence electrons. The number of anilines is 1. The molecule has 0 radical (unpaired) electrons. The zero-order valence-electron chi connectivity index (χ0n) is 11.0. The van der Waals surface area contributed by atoms with Gasteiger partial charge < -0.3 is 4.74 Å². The molecule has 3 saturated heterocycles. The first-order chi connectivity index (χ1) is 10.1. The van der Waals surface area contributed by atoms with Crippen molar-refractivity contribution in [2.24, 2.45) is 11.8 Å². The highest BCUT2D eigenvalue weighted by molar-refractivity contribution is 6.22. The maximum absolute atomic E-state index is 12.5. The first-order valence-electron chi connectivity index (χ1n) is 6.85. The van der Waals surface area contributed by atoms with Crippen LogP contribution in [0.3, 0.4) is 0 Å². The molecule has 1 aromatic carbocycles. The van der Waals surface area contributed by atoms with Crippen LogP contribution in [0.15, 0.2) is 24.3 Å². The number of benzene rings is 1. The molecule has 7 heteroatoms. The minimum absolute atomic E-state index is 0.135. The Kier molecular flexibility index (Phi) is 2.44. The fourth-order valence-corrected chi connectivity index (χ4v) is 3.71. The van der Waals surface area contributed by atoms with Gasteiger partial charge in [0, 0.05) is 12.1 Å². The third-order valence-corrected chi connectivity index (χ3v) is 4.58. The molecule has 4 atom stereocenters. The molecule has 21 heavy (non-hydrogen) atoms. The Morgan fingerprint density at radius 2 is 1.76 bits per heavy atom. The van der Waals surface area contributed by atoms with Crippen molar-refractivity contribution in [3.05, 3.63) is 34.4 Å². The lowest BCUT2D eigenvalue weighted by molar-refractivity contribution is -0.384. The first kappa shape index (κ1) is 12.5. The molecule has 3 aliphatic rings. The van der Waals surface area contributed by atoms with Gasteiger partial charge in [-0.05, 0) is 18.9 Å². The van der Waals surface area contributed by atoms with Crippen LogP contribution in [0.1, 0.15) is 12.8 Å². The first-order valence-corrected chi connectivity index (χ1v) is 6.85. The number of imide groups is 1. The van der Waals surface area contributed by atoms with E-state index in [0.717, 1.165) is 17.7 Å². The zero-order chi connectivity index (χ0) is 14.7. The van der Waals surface area contributed by atoms with Crippen LogP contribution >= 0.6 is 0 Å². The van der Waals surface area contributed by atoms with Crippen LogP contribution in [-0.2, 0) is 14.3 Å². The van der Waals surface area contributed by atoms with Crippen LogP contribution in [0, 0.1) is 22.0 Å². The molecule has 7 nitrogen and oxygen atoms in total. The standard InChI is InChI=1S/C14H12N2O5/c17-13-11-9-4-5-10(21-9)12(11)14(18)15(13)7-2-1-3-8(6-7)16(19)20/h1-3,6,9-12H,4-5H2. The van der Waals surface area contributed by atoms with Gasteiger partial charge in [0.05, 0.1) is 34.7 Å². The summed E-state index contributed by atoms with van der Waals surface area (Å²) in [6.07, 6.45) is 1.24. The number of carbonyl (C=O) groups excluding carboxylic acids is 2. The van der Waals surface area contributed by atoms with E-state index in [1.165, 1.54) is 18.2 Å². The van der Waals surface area contributed by atoms with Crippen molar-refractivity contribution in [2.45, 2.75) is 25.0 Å². The summed E-state index contributed by atoms with van der Waals surface area (Å²) in [7, 11) is 0. The van der Waals surface area contributed by atoms with Gasteiger partial charge in [-0.15, -0.1) is 0 Å². The molecule has 0 N–H and O–H groups in total. The van der Waals surface area contributed by atoms with E-state index in [0.29, 0.717) is 0 Å². The van der Waals surface area contributed by atoms with Gasteiger partial charge in [0.2, 0.25) is 11.8 Å². The van der Waals surface area contributed by atoms with Crippen molar-refractivity contribution in [1.82, 2.24) is 0 Å². The smallest absolute Gasteiger partial charge is 0.271 e. The third-order valence-electron chi connectivity index (χ3n) is 4.58. The molecule has 2 bridgehead atoms. The second-order valence-corrected chi connectivity index (χ2v) is 5.63. The molecule has 0 aliphatic carbocycles. The van der Waals surface area contributed by atoms with Gasteiger partial charge in [-0.3, -0.25) is 19.7 Å². The summed E-state index contributed by atoms with van der Waals surface area (Å²) in [6, 6.07) is 5.63. The monoisotopic (exact) mass is 288 g/mol. The molecule has 4 rings (SSSR count). The van der Waals surface area contributed by atoms with E-state index in [4.69, 9.17) is 4.74 Å². The topological polar surface area (TPSA) is 89.8 Å². The van der Waals surface area contributed by atoms with Gasteiger partial charge in [0.25, 0.3) is 5.69 Å². The van der Waals surface area contributed by atoms with Crippen LogP contribution in [0.25, 0.3) is 0 Å². The molecule has 2 amide bonds. The van der Waals surface area contributed by atoms with E-state index < -0.39 is 16.8 Å². The molecular weight excluding hydrogens is 276 g/mol. The Labute approximate surface area is 119 Å². The predicted octanol–water partition coefficient (Wildman–Crippen LogP) is 1.26. The number of nitrogens with zero attached hydrogens (tertiary/aromatic N) is 2. The third kappa shape index (κ3) is 1.58. The number of rotatable bonds is 2. The van der Waals surface area contributed by atoms with Crippen LogP contribution in [0.2, 0.25) is 0 Å². The van der Waals surface area contributed by atoms with Crippen molar-refractivity contribution in [2.75, 3.05) is 4.90 Å². The normalized spacial score (nSPS) is 33.6. The average molecular weight is 288 g/mol. The number of carbonyl (C=O) groups is 2. The Morgan fingerprint density at radius 3 is 2.33 bits per heavy atom. The van der Waals surface area contributed by atoms with Crippen LogP contribution in [0.4, 0.5) is 11.4 Å². The summed E-state index contributed by atoms with van der Waals surface area (Å²) in [4.78, 5) is 36.4. The molecule has 1 aromatic rings. The lowest BCUT2D eigenvalue weighted by Gasteiger charge is -2.17. The van der Waals surface area contributed by atoms with Gasteiger partial charge in [-0.25, -0.2) is 4.90 Å². The predicted molar refractivity (Wildman–Crippen MR) is 70.5 cm³/mol. The molecule has 3 aliphatic heterocycles. The van der Waals surface area contributed by atoms with Crippen molar-refractivity contribution < 1.29 is 19.2 Å². The summed E-state index contributed by atoms with van der Waals surface area (Å²) >= 11 is 0. The van der Waals surface area contributed by atoms with E-state index in [1.807, 2.05) is 0 Å². The Balaban J connectivity index is 1.73. The number of nitro groups is 1. The average Bonchev–Trinajstić information content (AvgIpc) is 3.13. The number of non-ortho nitro benzene ring substituents is 1. The number of amides is 2. The van der Waals surface area contributed by atoms with Gasteiger partial charge in [-0.2, -0.15) is 0 Å². The zero-order valence-corrected chi connectivity index (χ0v) is 11.0. The molecule has 0 aromatic heterocycles. The van der Waals surface area contributed by atoms with Crippen LogP contribution < -0.4 is 4.90 Å². The Morgan fingerprint density at radius 1 is 1.14 bits per heavy atom. The van der Waals surface area contributed by atoms with E-state index >= 15 is 0 Å². The van der Waals surface area contributed by atoms with Gasteiger partial charge in [0.15, 0.2) is 0 Å². The minimum atomic E-state index is -0.540. The van der Waals surface area contributed by atoms with E-state index in [1.54, 1.807) is 6.07 Å². The number of hydrogen-bond donors (Lipinski definition) is 0. The maximum atomic E-state index is 12.5. The van der Waals surface area contributed by atoms with Crippen LogP contribution in [0.5, 0.6) is 0 Å². The summed E-state index contributed by atoms with van der Waals surface area (Å²) in [5.74, 6) is -1.43. The van der Waals surface area contributed by atoms with Gasteiger partial charge in [0.1, 0.15) is 0 Å². The number of nitro benzene ring substituents is 1. The molecule has 0 saturated carbocycles. The largest absolute Gasteiger partial charge is 0.373 e. The van der Waals surface area contributed by atoms with E-state index in [9.17, 15) is 19.7 Å². The Bertz CT molecular complexity index is 645. The lowest BCUT2D eigenvalue weighted by atomic mass is 9.81. The molecular formula is C14H12N2O5. The van der Waals surface area contributed by atoms with Crippen molar-refractivity contribution >= 4 is 23.2 Å². The maximum Gasteiger partial charge on any atom is 0.271 e. The van der Waals surface area contributed by atoms with Crippen molar-refractivity contribution in [3.8, 4) is 0 Å². The second kappa shape index (κ2) is 4.11. The summed E-state index contributed by atoms with van der Waals surface area (Å²) in [6.45, 7) is 0. The van der Waals surface area contributed by atoms with Gasteiger partial charge >= 0.3 is 0 Å². The highest BCUT2D eigenvalue weighted by Gasteiger charge is 2.62. The van der Waals surface area contributed by atoms with Crippen molar-refractivity contribution in [3.63, 3.8) is 0 Å². The fourth-order valence-electron chi connectivity index (χ4n) is 3.71. The summed E-state index contributed by atoms with van der Waals surface area (Å²) in [5.41, 5.74) is 0.136. The molecule has 3 fully saturated rings.